The molecule has 0 amide bonds. The second-order valence-corrected chi connectivity index (χ2v) is 4.67. The quantitative estimate of drug-likeness (QED) is 0.878. The Labute approximate surface area is 112 Å². The SMILES string of the molecule is Cc1ccc(NC(CO)c2ccccc2Cl)cc1. The third kappa shape index (κ3) is 3.03. The smallest absolute Gasteiger partial charge is 0.0759 e. The summed E-state index contributed by atoms with van der Waals surface area (Å²) in [5, 5.41) is 13.4. The van der Waals surface area contributed by atoms with Crippen molar-refractivity contribution < 1.29 is 5.11 Å². The van der Waals surface area contributed by atoms with Gasteiger partial charge in [-0.3, -0.25) is 0 Å². The van der Waals surface area contributed by atoms with E-state index in [1.54, 1.807) is 0 Å². The van der Waals surface area contributed by atoms with Crippen LogP contribution in [0.15, 0.2) is 48.5 Å². The normalized spacial score (nSPS) is 12.2. The average Bonchev–Trinajstić information content (AvgIpc) is 2.39. The Bertz CT molecular complexity index is 510. The molecule has 0 aliphatic carbocycles. The number of rotatable bonds is 4. The van der Waals surface area contributed by atoms with Gasteiger partial charge < -0.3 is 10.4 Å². The van der Waals surface area contributed by atoms with E-state index in [0.29, 0.717) is 5.02 Å². The fraction of sp³-hybridized carbons (Fsp3) is 0.200. The molecule has 0 bridgehead atoms. The monoisotopic (exact) mass is 261 g/mol. The highest BCUT2D eigenvalue weighted by Gasteiger charge is 2.12. The molecule has 2 aromatic carbocycles. The number of hydrogen-bond acceptors (Lipinski definition) is 2. The minimum absolute atomic E-state index is 0.00237. The van der Waals surface area contributed by atoms with Crippen molar-refractivity contribution in [1.29, 1.82) is 0 Å². The number of anilines is 1. The Balaban J connectivity index is 2.20. The van der Waals surface area contributed by atoms with E-state index in [0.717, 1.165) is 11.3 Å². The van der Waals surface area contributed by atoms with E-state index >= 15 is 0 Å². The van der Waals surface area contributed by atoms with Crippen LogP contribution < -0.4 is 5.32 Å². The van der Waals surface area contributed by atoms with Crippen molar-refractivity contribution in [2.75, 3.05) is 11.9 Å². The molecule has 0 saturated carbocycles. The van der Waals surface area contributed by atoms with Gasteiger partial charge in [0.05, 0.1) is 12.6 Å². The lowest BCUT2D eigenvalue weighted by Crippen LogP contribution is -2.15. The zero-order valence-electron chi connectivity index (χ0n) is 10.2. The molecule has 2 nitrogen and oxygen atoms in total. The zero-order valence-corrected chi connectivity index (χ0v) is 11.0. The van der Waals surface area contributed by atoms with Gasteiger partial charge in [-0.05, 0) is 30.7 Å². The number of aryl methyl sites for hydroxylation is 1. The molecule has 2 aromatic rings. The van der Waals surface area contributed by atoms with E-state index in [1.807, 2.05) is 55.5 Å². The molecule has 0 spiro atoms. The summed E-state index contributed by atoms with van der Waals surface area (Å²) in [5.41, 5.74) is 3.08. The molecule has 2 rings (SSSR count). The summed E-state index contributed by atoms with van der Waals surface area (Å²) in [6.45, 7) is 2.04. The van der Waals surface area contributed by atoms with Gasteiger partial charge >= 0.3 is 0 Å². The van der Waals surface area contributed by atoms with E-state index in [1.165, 1.54) is 5.56 Å². The van der Waals surface area contributed by atoms with Gasteiger partial charge in [0.2, 0.25) is 0 Å². The fourth-order valence-electron chi connectivity index (χ4n) is 1.83. The summed E-state index contributed by atoms with van der Waals surface area (Å²) in [5.74, 6) is 0. The molecule has 2 N–H and O–H groups in total. The van der Waals surface area contributed by atoms with Crippen molar-refractivity contribution in [3.63, 3.8) is 0 Å². The summed E-state index contributed by atoms with van der Waals surface area (Å²) < 4.78 is 0. The van der Waals surface area contributed by atoms with Crippen LogP contribution in [0.2, 0.25) is 5.02 Å². The topological polar surface area (TPSA) is 32.3 Å². The molecule has 0 aliphatic rings. The second kappa shape index (κ2) is 5.89. The number of aliphatic hydroxyl groups excluding tert-OH is 1. The predicted molar refractivity (Wildman–Crippen MR) is 76.1 cm³/mol. The third-order valence-corrected chi connectivity index (χ3v) is 3.20. The largest absolute Gasteiger partial charge is 0.394 e. The number of hydrogen-bond donors (Lipinski definition) is 2. The molecular weight excluding hydrogens is 246 g/mol. The van der Waals surface area contributed by atoms with Crippen molar-refractivity contribution in [3.8, 4) is 0 Å². The van der Waals surface area contributed by atoms with Gasteiger partial charge in [-0.15, -0.1) is 0 Å². The predicted octanol–water partition coefficient (Wildman–Crippen LogP) is 3.79. The molecule has 0 fully saturated rings. The first-order valence-electron chi connectivity index (χ1n) is 5.89. The Morgan fingerprint density at radius 2 is 1.78 bits per heavy atom. The molecule has 18 heavy (non-hydrogen) atoms. The number of nitrogens with one attached hydrogen (secondary N) is 1. The van der Waals surface area contributed by atoms with Crippen LogP contribution in [-0.4, -0.2) is 11.7 Å². The molecule has 0 heterocycles. The highest BCUT2D eigenvalue weighted by molar-refractivity contribution is 6.31. The van der Waals surface area contributed by atoms with Crippen molar-refractivity contribution in [2.45, 2.75) is 13.0 Å². The van der Waals surface area contributed by atoms with Gasteiger partial charge in [0.1, 0.15) is 0 Å². The maximum Gasteiger partial charge on any atom is 0.0759 e. The average molecular weight is 262 g/mol. The number of benzene rings is 2. The molecule has 1 atom stereocenters. The van der Waals surface area contributed by atoms with E-state index in [2.05, 4.69) is 5.32 Å². The minimum atomic E-state index is -0.193. The summed E-state index contributed by atoms with van der Waals surface area (Å²) in [6.07, 6.45) is 0. The van der Waals surface area contributed by atoms with Crippen LogP contribution in [0.3, 0.4) is 0 Å². The molecule has 94 valence electrons. The summed E-state index contributed by atoms with van der Waals surface area (Å²) in [4.78, 5) is 0. The van der Waals surface area contributed by atoms with Crippen LogP contribution >= 0.6 is 11.6 Å². The summed E-state index contributed by atoms with van der Waals surface area (Å²) in [7, 11) is 0. The van der Waals surface area contributed by atoms with Gasteiger partial charge in [-0.25, -0.2) is 0 Å². The standard InChI is InChI=1S/C15H16ClNO/c1-11-6-8-12(9-7-11)17-15(10-18)13-4-2-3-5-14(13)16/h2-9,15,17-18H,10H2,1H3. The lowest BCUT2D eigenvalue weighted by atomic mass is 10.1. The maximum absolute atomic E-state index is 9.50. The molecule has 0 aliphatic heterocycles. The van der Waals surface area contributed by atoms with Crippen LogP contribution in [-0.2, 0) is 0 Å². The number of halogens is 1. The first-order chi connectivity index (χ1) is 8.70. The lowest BCUT2D eigenvalue weighted by molar-refractivity contribution is 0.276. The molecule has 0 saturated heterocycles. The highest BCUT2D eigenvalue weighted by Crippen LogP contribution is 2.25. The maximum atomic E-state index is 9.50. The van der Waals surface area contributed by atoms with Crippen LogP contribution in [0.4, 0.5) is 5.69 Å². The highest BCUT2D eigenvalue weighted by atomic mass is 35.5. The van der Waals surface area contributed by atoms with Crippen LogP contribution in [0, 0.1) is 6.92 Å². The Kier molecular flexibility index (Phi) is 4.24. The molecule has 3 heteroatoms. The second-order valence-electron chi connectivity index (χ2n) is 4.27. The van der Waals surface area contributed by atoms with Gasteiger partial charge in [-0.1, -0.05) is 47.5 Å². The fourth-order valence-corrected chi connectivity index (χ4v) is 2.10. The lowest BCUT2D eigenvalue weighted by Gasteiger charge is -2.19. The van der Waals surface area contributed by atoms with E-state index in [9.17, 15) is 5.11 Å². The van der Waals surface area contributed by atoms with Crippen LogP contribution in [0.5, 0.6) is 0 Å². The molecule has 1 unspecified atom stereocenters. The van der Waals surface area contributed by atoms with Crippen molar-refractivity contribution in [2.24, 2.45) is 0 Å². The third-order valence-electron chi connectivity index (χ3n) is 2.86. The van der Waals surface area contributed by atoms with E-state index < -0.39 is 0 Å². The first-order valence-corrected chi connectivity index (χ1v) is 6.27. The minimum Gasteiger partial charge on any atom is -0.394 e. The van der Waals surface area contributed by atoms with E-state index in [4.69, 9.17) is 11.6 Å². The Morgan fingerprint density at radius 3 is 2.39 bits per heavy atom. The van der Waals surface area contributed by atoms with Gasteiger partial charge in [-0.2, -0.15) is 0 Å². The summed E-state index contributed by atoms with van der Waals surface area (Å²) in [6, 6.07) is 15.4. The Morgan fingerprint density at radius 1 is 1.11 bits per heavy atom. The molecule has 0 radical (unpaired) electrons. The zero-order chi connectivity index (χ0) is 13.0. The summed E-state index contributed by atoms with van der Waals surface area (Å²) >= 11 is 6.14. The first kappa shape index (κ1) is 12.9. The van der Waals surface area contributed by atoms with E-state index in [-0.39, 0.29) is 12.6 Å². The van der Waals surface area contributed by atoms with Crippen LogP contribution in [0.25, 0.3) is 0 Å². The molecular formula is C15H16ClNO. The Hall–Kier alpha value is -1.51. The van der Waals surface area contributed by atoms with Crippen LogP contribution in [0.1, 0.15) is 17.2 Å². The molecule has 0 aromatic heterocycles. The van der Waals surface area contributed by atoms with Gasteiger partial charge in [0.25, 0.3) is 0 Å². The van der Waals surface area contributed by atoms with Gasteiger partial charge in [0.15, 0.2) is 0 Å². The van der Waals surface area contributed by atoms with Crippen molar-refractivity contribution in [3.05, 3.63) is 64.7 Å². The number of aliphatic hydroxyl groups is 1. The van der Waals surface area contributed by atoms with Crippen molar-refractivity contribution in [1.82, 2.24) is 0 Å². The van der Waals surface area contributed by atoms with Crippen molar-refractivity contribution >= 4 is 17.3 Å². The van der Waals surface area contributed by atoms with Gasteiger partial charge in [0, 0.05) is 10.7 Å².